The van der Waals surface area contributed by atoms with Crippen LogP contribution in [0.5, 0.6) is 0 Å². The van der Waals surface area contributed by atoms with Gasteiger partial charge in [0.25, 0.3) is 5.91 Å². The van der Waals surface area contributed by atoms with Crippen molar-refractivity contribution >= 4 is 22.8 Å². The van der Waals surface area contributed by atoms with Crippen LogP contribution < -0.4 is 5.32 Å². The minimum absolute atomic E-state index is 0.224. The first-order chi connectivity index (χ1) is 12.6. The largest absolute Gasteiger partial charge is 0.334 e. The molecule has 1 aromatic carbocycles. The lowest BCUT2D eigenvalue weighted by atomic mass is 10.2. The highest BCUT2D eigenvalue weighted by Crippen LogP contribution is 2.22. The molecule has 1 amide bonds. The van der Waals surface area contributed by atoms with E-state index < -0.39 is 0 Å². The Bertz CT molecular complexity index is 1050. The molecule has 0 aliphatic carbocycles. The van der Waals surface area contributed by atoms with Gasteiger partial charge < -0.3 is 14.9 Å². The Morgan fingerprint density at radius 1 is 1.23 bits per heavy atom. The van der Waals surface area contributed by atoms with E-state index in [0.717, 1.165) is 22.4 Å². The Labute approximate surface area is 149 Å². The van der Waals surface area contributed by atoms with Crippen molar-refractivity contribution < 1.29 is 4.79 Å². The van der Waals surface area contributed by atoms with Gasteiger partial charge >= 0.3 is 0 Å². The third-order valence-corrected chi connectivity index (χ3v) is 3.99. The molecule has 4 rings (SSSR count). The number of nitrogens with zero attached hydrogens (tertiary/aromatic N) is 5. The van der Waals surface area contributed by atoms with Crippen LogP contribution in [0.2, 0.25) is 0 Å². The highest BCUT2D eigenvalue weighted by atomic mass is 16.2. The summed E-state index contributed by atoms with van der Waals surface area (Å²) in [4.78, 5) is 24.0. The van der Waals surface area contributed by atoms with Crippen molar-refractivity contribution in [3.05, 3.63) is 54.7 Å². The summed E-state index contributed by atoms with van der Waals surface area (Å²) in [5.41, 5.74) is 2.37. The molecule has 2 N–H and O–H groups in total. The first-order valence-electron chi connectivity index (χ1n) is 8.24. The maximum Gasteiger partial charge on any atom is 0.292 e. The zero-order valence-electron chi connectivity index (χ0n) is 14.3. The number of fused-ring (bicyclic) bond motifs is 1. The van der Waals surface area contributed by atoms with Crippen LogP contribution in [0.4, 0.5) is 5.82 Å². The Kier molecular flexibility index (Phi) is 3.92. The quantitative estimate of drug-likeness (QED) is 0.591. The Balaban J connectivity index is 1.60. The fourth-order valence-corrected chi connectivity index (χ4v) is 2.70. The normalized spacial score (nSPS) is 11.2. The number of H-pyrrole nitrogens is 1. The molecule has 0 fully saturated rings. The number of hydrogen-bond acceptors (Lipinski definition) is 5. The van der Waals surface area contributed by atoms with Gasteiger partial charge in [-0.3, -0.25) is 4.79 Å². The standard InChI is InChI=1S/C18H17N7O/c1-11(2)25-10-20-24-17(25)12-7-8-19-15(9-12)23-18(26)16-21-13-5-3-4-6-14(13)22-16/h3-11H,1-2H3,(H,21,22)(H,19,23,26). The number of amides is 1. The van der Waals surface area contributed by atoms with Crippen LogP contribution in [-0.4, -0.2) is 35.6 Å². The molecule has 0 unspecified atom stereocenters. The van der Waals surface area contributed by atoms with E-state index in [4.69, 9.17) is 0 Å². The highest BCUT2D eigenvalue weighted by molar-refractivity contribution is 6.03. The Hall–Kier alpha value is -3.55. The van der Waals surface area contributed by atoms with Gasteiger partial charge in [-0.25, -0.2) is 9.97 Å². The van der Waals surface area contributed by atoms with Crippen LogP contribution >= 0.6 is 0 Å². The Morgan fingerprint density at radius 3 is 2.88 bits per heavy atom. The predicted molar refractivity (Wildman–Crippen MR) is 97.7 cm³/mol. The summed E-state index contributed by atoms with van der Waals surface area (Å²) >= 11 is 0. The third kappa shape index (κ3) is 2.92. The first kappa shape index (κ1) is 15.9. The highest BCUT2D eigenvalue weighted by Gasteiger charge is 2.14. The van der Waals surface area contributed by atoms with Gasteiger partial charge in [-0.15, -0.1) is 10.2 Å². The summed E-state index contributed by atoms with van der Waals surface area (Å²) in [6.07, 6.45) is 3.32. The number of nitrogens with one attached hydrogen (secondary N) is 2. The van der Waals surface area contributed by atoms with Gasteiger partial charge in [-0.05, 0) is 38.1 Å². The van der Waals surface area contributed by atoms with Crippen molar-refractivity contribution in [1.82, 2.24) is 29.7 Å². The summed E-state index contributed by atoms with van der Waals surface area (Å²) < 4.78 is 1.96. The van der Waals surface area contributed by atoms with E-state index in [1.807, 2.05) is 34.9 Å². The van der Waals surface area contributed by atoms with Crippen LogP contribution in [-0.2, 0) is 0 Å². The lowest BCUT2D eigenvalue weighted by Crippen LogP contribution is -2.14. The second-order valence-corrected chi connectivity index (χ2v) is 6.14. The van der Waals surface area contributed by atoms with Crippen molar-refractivity contribution in [3.63, 3.8) is 0 Å². The zero-order valence-corrected chi connectivity index (χ0v) is 14.3. The summed E-state index contributed by atoms with van der Waals surface area (Å²) in [7, 11) is 0. The van der Waals surface area contributed by atoms with Crippen molar-refractivity contribution in [2.24, 2.45) is 0 Å². The number of benzene rings is 1. The van der Waals surface area contributed by atoms with Gasteiger partial charge in [-0.1, -0.05) is 12.1 Å². The molecule has 26 heavy (non-hydrogen) atoms. The molecule has 8 nitrogen and oxygen atoms in total. The van der Waals surface area contributed by atoms with Crippen LogP contribution in [0, 0.1) is 0 Å². The SMILES string of the molecule is CC(C)n1cnnc1-c1ccnc(NC(=O)c2nc3ccccc3[nH]2)c1. The van der Waals surface area contributed by atoms with E-state index in [1.165, 1.54) is 0 Å². The van der Waals surface area contributed by atoms with Crippen molar-refractivity contribution in [2.75, 3.05) is 5.32 Å². The van der Waals surface area contributed by atoms with Gasteiger partial charge in [0.2, 0.25) is 0 Å². The molecule has 0 radical (unpaired) electrons. The van der Waals surface area contributed by atoms with E-state index in [-0.39, 0.29) is 17.8 Å². The number of hydrogen-bond donors (Lipinski definition) is 2. The number of aromatic amines is 1. The van der Waals surface area contributed by atoms with E-state index in [2.05, 4.69) is 44.3 Å². The number of pyridine rings is 1. The summed E-state index contributed by atoms with van der Waals surface area (Å²) in [6, 6.07) is 11.3. The third-order valence-electron chi connectivity index (χ3n) is 3.99. The molecule has 0 atom stereocenters. The number of anilines is 1. The number of para-hydroxylation sites is 2. The number of aromatic nitrogens is 6. The molecule has 0 saturated carbocycles. The number of carbonyl (C=O) groups excluding carboxylic acids is 1. The van der Waals surface area contributed by atoms with Crippen molar-refractivity contribution in [3.8, 4) is 11.4 Å². The van der Waals surface area contributed by atoms with Gasteiger partial charge in [0.05, 0.1) is 11.0 Å². The van der Waals surface area contributed by atoms with Gasteiger partial charge in [0.1, 0.15) is 12.1 Å². The molecule has 0 saturated heterocycles. The molecular formula is C18H17N7O. The first-order valence-corrected chi connectivity index (χ1v) is 8.24. The van der Waals surface area contributed by atoms with Gasteiger partial charge in [0.15, 0.2) is 11.6 Å². The molecule has 0 aliphatic heterocycles. The molecule has 0 aliphatic rings. The monoisotopic (exact) mass is 347 g/mol. The second kappa shape index (κ2) is 6.40. The number of imidazole rings is 1. The number of rotatable bonds is 4. The molecule has 3 heterocycles. The maximum absolute atomic E-state index is 12.5. The van der Waals surface area contributed by atoms with Crippen molar-refractivity contribution in [1.29, 1.82) is 0 Å². The van der Waals surface area contributed by atoms with Gasteiger partial charge in [0, 0.05) is 17.8 Å². The van der Waals surface area contributed by atoms with E-state index >= 15 is 0 Å². The topological polar surface area (TPSA) is 101 Å². The fraction of sp³-hybridized carbons (Fsp3) is 0.167. The van der Waals surface area contributed by atoms with Crippen molar-refractivity contribution in [2.45, 2.75) is 19.9 Å². The van der Waals surface area contributed by atoms with E-state index in [9.17, 15) is 4.79 Å². The van der Waals surface area contributed by atoms with Crippen LogP contribution in [0.25, 0.3) is 22.4 Å². The summed E-state index contributed by atoms with van der Waals surface area (Å²) in [6.45, 7) is 4.11. The fourth-order valence-electron chi connectivity index (χ4n) is 2.70. The van der Waals surface area contributed by atoms with Crippen LogP contribution in [0.1, 0.15) is 30.5 Å². The Morgan fingerprint density at radius 2 is 2.08 bits per heavy atom. The minimum Gasteiger partial charge on any atom is -0.334 e. The maximum atomic E-state index is 12.5. The minimum atomic E-state index is -0.351. The molecule has 4 aromatic rings. The summed E-state index contributed by atoms with van der Waals surface area (Å²) in [5.74, 6) is 1.04. The van der Waals surface area contributed by atoms with Crippen LogP contribution in [0.3, 0.4) is 0 Å². The van der Waals surface area contributed by atoms with E-state index in [0.29, 0.717) is 5.82 Å². The molecule has 130 valence electrons. The molecule has 0 spiro atoms. The number of carbonyl (C=O) groups is 1. The summed E-state index contributed by atoms with van der Waals surface area (Å²) in [5, 5.41) is 10.9. The molecular weight excluding hydrogens is 330 g/mol. The average molecular weight is 347 g/mol. The van der Waals surface area contributed by atoms with Crippen LogP contribution in [0.15, 0.2) is 48.9 Å². The predicted octanol–water partition coefficient (Wildman–Crippen LogP) is 3.05. The average Bonchev–Trinajstić information content (AvgIpc) is 3.29. The molecule has 3 aromatic heterocycles. The van der Waals surface area contributed by atoms with Gasteiger partial charge in [-0.2, -0.15) is 0 Å². The smallest absolute Gasteiger partial charge is 0.292 e. The molecule has 0 bridgehead atoms. The van der Waals surface area contributed by atoms with E-state index in [1.54, 1.807) is 18.6 Å². The zero-order chi connectivity index (χ0) is 18.1. The lowest BCUT2D eigenvalue weighted by Gasteiger charge is -2.10. The molecule has 8 heteroatoms. The second-order valence-electron chi connectivity index (χ2n) is 6.14. The lowest BCUT2D eigenvalue weighted by molar-refractivity contribution is 0.101.